The first-order valence-electron chi connectivity index (χ1n) is 11.1. The van der Waals surface area contributed by atoms with Gasteiger partial charge in [-0.3, -0.25) is 4.72 Å². The highest BCUT2D eigenvalue weighted by molar-refractivity contribution is 7.93. The van der Waals surface area contributed by atoms with Crippen molar-refractivity contribution >= 4 is 38.9 Å². The number of nitrogens with one attached hydrogen (secondary N) is 1. The SMILES string of the molecule is CCO[C@@H]1[C@@H](n2cc(-c3cc(F)c(F)c(F)c3)nn2)[C@@H](O)[C@@H](CO)O[C@@H]1S(=O)(=O)Nc1ccc(Cl)c(Cl)c1. The van der Waals surface area contributed by atoms with E-state index in [2.05, 4.69) is 15.0 Å². The molecule has 206 valence electrons. The van der Waals surface area contributed by atoms with Crippen molar-refractivity contribution in [2.75, 3.05) is 17.9 Å². The summed E-state index contributed by atoms with van der Waals surface area (Å²) in [7, 11) is -4.43. The molecule has 0 unspecified atom stereocenters. The number of aromatic nitrogens is 3. The number of anilines is 1. The number of aliphatic hydroxyl groups is 2. The standard InChI is InChI=1S/C22H21Cl2F3N4O6S/c1-2-36-21-19(31-8-16(28-30-31)10-5-14(25)18(27)15(26)6-10)20(33)17(9-32)37-22(21)38(34,35)29-11-3-4-12(23)13(24)7-11/h3-8,17,19-22,29,32-33H,2,9H2,1H3/t17-,19+,20+,21-,22-/m1/s1. The molecule has 5 atom stereocenters. The molecule has 0 saturated carbocycles. The van der Waals surface area contributed by atoms with Crippen LogP contribution in [-0.2, 0) is 19.5 Å². The van der Waals surface area contributed by atoms with Gasteiger partial charge in [0.15, 0.2) is 17.5 Å². The lowest BCUT2D eigenvalue weighted by molar-refractivity contribution is -0.193. The average Bonchev–Trinajstić information content (AvgIpc) is 3.34. The predicted molar refractivity (Wildman–Crippen MR) is 131 cm³/mol. The summed E-state index contributed by atoms with van der Waals surface area (Å²) < 4.78 is 82.3. The first-order valence-corrected chi connectivity index (χ1v) is 13.4. The number of sulfonamides is 1. The molecule has 1 saturated heterocycles. The van der Waals surface area contributed by atoms with Crippen LogP contribution in [0.15, 0.2) is 36.5 Å². The quantitative estimate of drug-likeness (QED) is 0.337. The number of ether oxygens (including phenoxy) is 2. The largest absolute Gasteiger partial charge is 0.394 e. The molecule has 1 fully saturated rings. The van der Waals surface area contributed by atoms with Gasteiger partial charge in [0.25, 0.3) is 10.0 Å². The molecule has 38 heavy (non-hydrogen) atoms. The van der Waals surface area contributed by atoms with Gasteiger partial charge in [0.05, 0.1) is 28.5 Å². The normalized spacial score (nSPS) is 23.9. The fraction of sp³-hybridized carbons (Fsp3) is 0.364. The maximum atomic E-state index is 13.8. The Kier molecular flexibility index (Phi) is 8.52. The minimum absolute atomic E-state index is 0.0181. The van der Waals surface area contributed by atoms with E-state index in [-0.39, 0.29) is 33.6 Å². The third-order valence-electron chi connectivity index (χ3n) is 5.76. The lowest BCUT2D eigenvalue weighted by atomic mass is 9.97. The van der Waals surface area contributed by atoms with E-state index in [9.17, 15) is 31.8 Å². The molecule has 2 aromatic carbocycles. The molecule has 0 bridgehead atoms. The zero-order valence-corrected chi connectivity index (χ0v) is 21.8. The summed E-state index contributed by atoms with van der Waals surface area (Å²) in [5.74, 6) is -4.56. The van der Waals surface area contributed by atoms with Gasteiger partial charge in [-0.15, -0.1) is 5.10 Å². The Balaban J connectivity index is 1.72. The van der Waals surface area contributed by atoms with Crippen LogP contribution in [0.5, 0.6) is 0 Å². The molecule has 3 N–H and O–H groups in total. The minimum atomic E-state index is -4.43. The van der Waals surface area contributed by atoms with Gasteiger partial charge >= 0.3 is 0 Å². The molecule has 16 heteroatoms. The Morgan fingerprint density at radius 1 is 1.16 bits per heavy atom. The van der Waals surface area contributed by atoms with E-state index in [0.717, 1.165) is 4.68 Å². The zero-order chi connectivity index (χ0) is 27.8. The number of aliphatic hydroxyl groups excluding tert-OH is 2. The maximum absolute atomic E-state index is 13.8. The smallest absolute Gasteiger partial charge is 0.262 e. The van der Waals surface area contributed by atoms with Crippen molar-refractivity contribution in [3.05, 3.63) is 64.0 Å². The van der Waals surface area contributed by atoms with E-state index in [0.29, 0.717) is 12.1 Å². The second kappa shape index (κ2) is 11.3. The Hall–Kier alpha value is -2.46. The number of hydrogen-bond donors (Lipinski definition) is 3. The van der Waals surface area contributed by atoms with E-state index in [1.807, 2.05) is 0 Å². The molecule has 0 aliphatic carbocycles. The second-order valence-corrected chi connectivity index (χ2v) is 10.8. The highest BCUT2D eigenvalue weighted by Crippen LogP contribution is 2.36. The predicted octanol–water partition coefficient (Wildman–Crippen LogP) is 3.14. The van der Waals surface area contributed by atoms with Crippen molar-refractivity contribution in [1.82, 2.24) is 15.0 Å². The maximum Gasteiger partial charge on any atom is 0.262 e. The van der Waals surface area contributed by atoms with Crippen molar-refractivity contribution in [3.8, 4) is 11.3 Å². The van der Waals surface area contributed by atoms with Crippen molar-refractivity contribution in [1.29, 1.82) is 0 Å². The summed E-state index contributed by atoms with van der Waals surface area (Å²) in [6.45, 7) is 0.787. The fourth-order valence-electron chi connectivity index (χ4n) is 4.02. The molecular weight excluding hydrogens is 576 g/mol. The van der Waals surface area contributed by atoms with Crippen molar-refractivity contribution < 1.29 is 41.3 Å². The van der Waals surface area contributed by atoms with Crippen molar-refractivity contribution in [3.63, 3.8) is 0 Å². The summed E-state index contributed by atoms with van der Waals surface area (Å²) in [6, 6.07) is 4.14. The summed E-state index contributed by atoms with van der Waals surface area (Å²) in [5, 5.41) is 28.7. The highest BCUT2D eigenvalue weighted by Gasteiger charge is 2.52. The number of nitrogens with zero attached hydrogens (tertiary/aromatic N) is 3. The summed E-state index contributed by atoms with van der Waals surface area (Å²) >= 11 is 11.9. The lowest BCUT2D eigenvalue weighted by Gasteiger charge is -2.43. The van der Waals surface area contributed by atoms with Gasteiger partial charge in [0.2, 0.25) is 5.44 Å². The molecule has 1 aromatic heterocycles. The van der Waals surface area contributed by atoms with Crippen LogP contribution in [0, 0.1) is 17.5 Å². The molecular formula is C22H21Cl2F3N4O6S. The molecule has 10 nitrogen and oxygen atoms in total. The molecule has 0 radical (unpaired) electrons. The van der Waals surface area contributed by atoms with Crippen LogP contribution < -0.4 is 4.72 Å². The van der Waals surface area contributed by atoms with Crippen LogP contribution in [0.3, 0.4) is 0 Å². The van der Waals surface area contributed by atoms with E-state index in [4.69, 9.17) is 32.7 Å². The number of halogens is 5. The first-order chi connectivity index (χ1) is 18.0. The van der Waals surface area contributed by atoms with Gasteiger partial charge in [-0.2, -0.15) is 0 Å². The lowest BCUT2D eigenvalue weighted by Crippen LogP contribution is -2.59. The van der Waals surface area contributed by atoms with Gasteiger partial charge in [0.1, 0.15) is 30.0 Å². The Bertz CT molecular complexity index is 1410. The minimum Gasteiger partial charge on any atom is -0.394 e. The number of benzene rings is 2. The van der Waals surface area contributed by atoms with Gasteiger partial charge in [0, 0.05) is 12.2 Å². The average molecular weight is 597 g/mol. The van der Waals surface area contributed by atoms with Crippen LogP contribution in [-0.4, -0.2) is 70.6 Å². The highest BCUT2D eigenvalue weighted by atomic mass is 35.5. The van der Waals surface area contributed by atoms with Crippen molar-refractivity contribution in [2.45, 2.75) is 36.7 Å². The van der Waals surface area contributed by atoms with Crippen LogP contribution in [0.2, 0.25) is 10.0 Å². The van der Waals surface area contributed by atoms with Crippen molar-refractivity contribution in [2.24, 2.45) is 0 Å². The second-order valence-electron chi connectivity index (χ2n) is 8.24. The number of rotatable bonds is 8. The summed E-state index contributed by atoms with van der Waals surface area (Å²) in [6.07, 6.45) is -3.19. The van der Waals surface area contributed by atoms with Crippen LogP contribution in [0.4, 0.5) is 18.9 Å². The molecule has 1 aliphatic rings. The molecule has 1 aliphatic heterocycles. The van der Waals surface area contributed by atoms with Gasteiger partial charge < -0.3 is 19.7 Å². The Morgan fingerprint density at radius 3 is 2.45 bits per heavy atom. The molecule has 3 aromatic rings. The van der Waals surface area contributed by atoms with Crippen LogP contribution in [0.25, 0.3) is 11.3 Å². The van der Waals surface area contributed by atoms with E-state index < -0.39 is 63.9 Å². The van der Waals surface area contributed by atoms with Gasteiger partial charge in [-0.1, -0.05) is 28.4 Å². The molecule has 4 rings (SSSR count). The third-order valence-corrected chi connectivity index (χ3v) is 8.01. The van der Waals surface area contributed by atoms with E-state index >= 15 is 0 Å². The molecule has 2 heterocycles. The summed E-state index contributed by atoms with van der Waals surface area (Å²) in [4.78, 5) is 0. The molecule has 0 spiro atoms. The van der Waals surface area contributed by atoms with Gasteiger partial charge in [-0.25, -0.2) is 26.3 Å². The first kappa shape index (κ1) is 28.5. The Labute approximate surface area is 224 Å². The van der Waals surface area contributed by atoms with E-state index in [1.165, 1.54) is 24.4 Å². The van der Waals surface area contributed by atoms with E-state index in [1.54, 1.807) is 6.92 Å². The van der Waals surface area contributed by atoms with Crippen LogP contribution in [0.1, 0.15) is 13.0 Å². The zero-order valence-electron chi connectivity index (χ0n) is 19.4. The fourth-order valence-corrected chi connectivity index (χ4v) is 5.77. The van der Waals surface area contributed by atoms with Crippen LogP contribution >= 0.6 is 23.2 Å². The third kappa shape index (κ3) is 5.61. The molecule has 0 amide bonds. The van der Waals surface area contributed by atoms with Gasteiger partial charge in [-0.05, 0) is 37.3 Å². The topological polar surface area (TPSA) is 136 Å². The number of hydrogen-bond acceptors (Lipinski definition) is 8. The monoisotopic (exact) mass is 596 g/mol. The summed E-state index contributed by atoms with van der Waals surface area (Å²) in [5.41, 5.74) is -1.99. The Morgan fingerprint density at radius 2 is 1.84 bits per heavy atom.